The van der Waals surface area contributed by atoms with Gasteiger partial charge in [0.1, 0.15) is 0 Å². The van der Waals surface area contributed by atoms with Gasteiger partial charge >= 0.3 is 0 Å². The number of nitrogens with one attached hydrogen (secondary N) is 1. The van der Waals surface area contributed by atoms with Gasteiger partial charge in [0.2, 0.25) is 0 Å². The summed E-state index contributed by atoms with van der Waals surface area (Å²) in [5.74, 6) is 1.33. The van der Waals surface area contributed by atoms with Crippen LogP contribution in [0.2, 0.25) is 10.0 Å². The fourth-order valence-electron chi connectivity index (χ4n) is 4.50. The fourth-order valence-corrected chi connectivity index (χ4v) is 4.80. The minimum atomic E-state index is 0.229. The van der Waals surface area contributed by atoms with Gasteiger partial charge in [-0.05, 0) is 48.9 Å². The van der Waals surface area contributed by atoms with Crippen LogP contribution < -0.4 is 5.32 Å². The van der Waals surface area contributed by atoms with Gasteiger partial charge in [-0.1, -0.05) is 42.1 Å². The van der Waals surface area contributed by atoms with Crippen LogP contribution in [0.4, 0.5) is 0 Å². The van der Waals surface area contributed by atoms with Crippen LogP contribution in [0.3, 0.4) is 0 Å². The van der Waals surface area contributed by atoms with Gasteiger partial charge in [-0.25, -0.2) is 0 Å². The molecular weight excluding hydrogens is 305 g/mol. The molecule has 1 N–H and O–H groups in total. The summed E-state index contributed by atoms with van der Waals surface area (Å²) in [5.41, 5.74) is 1.55. The number of hydrogen-bond donors (Lipinski definition) is 1. The van der Waals surface area contributed by atoms with Crippen molar-refractivity contribution in [2.75, 3.05) is 19.7 Å². The molecule has 1 unspecified atom stereocenters. The van der Waals surface area contributed by atoms with Gasteiger partial charge in [0.25, 0.3) is 0 Å². The second-order valence-corrected chi connectivity index (χ2v) is 7.57. The summed E-state index contributed by atoms with van der Waals surface area (Å²) in [6.45, 7) is 3.03. The molecule has 2 nitrogen and oxygen atoms in total. The second kappa shape index (κ2) is 5.42. The first-order valence-corrected chi connectivity index (χ1v) is 8.75. The smallest absolute Gasteiger partial charge is 0.0595 e. The highest BCUT2D eigenvalue weighted by atomic mass is 35.5. The SMILES string of the molecule is Clc1ccc([C@@]23CNC[C@@H]2C3COC2CCCC2)cc1Cl. The Morgan fingerprint density at radius 2 is 2.00 bits per heavy atom. The largest absolute Gasteiger partial charge is 0.378 e. The number of halogens is 2. The van der Waals surface area contributed by atoms with Crippen LogP contribution in [0.25, 0.3) is 0 Å². The Balaban J connectivity index is 1.50. The molecule has 0 bridgehead atoms. The van der Waals surface area contributed by atoms with E-state index in [2.05, 4.69) is 17.4 Å². The van der Waals surface area contributed by atoms with Crippen molar-refractivity contribution in [1.82, 2.24) is 5.32 Å². The molecule has 1 aromatic rings. The molecule has 0 amide bonds. The molecule has 1 aliphatic heterocycles. The molecule has 4 rings (SSSR count). The average molecular weight is 326 g/mol. The van der Waals surface area contributed by atoms with Crippen molar-refractivity contribution in [1.29, 1.82) is 0 Å². The summed E-state index contributed by atoms with van der Waals surface area (Å²) in [6, 6.07) is 6.12. The number of ether oxygens (including phenoxy) is 1. The zero-order valence-corrected chi connectivity index (χ0v) is 13.6. The summed E-state index contributed by atoms with van der Waals surface area (Å²) in [5, 5.41) is 4.82. The lowest BCUT2D eigenvalue weighted by atomic mass is 9.93. The number of benzene rings is 1. The maximum absolute atomic E-state index is 6.22. The van der Waals surface area contributed by atoms with Gasteiger partial charge in [0.15, 0.2) is 0 Å². The Hall–Kier alpha value is -0.280. The second-order valence-electron chi connectivity index (χ2n) is 6.75. The van der Waals surface area contributed by atoms with Gasteiger partial charge < -0.3 is 10.1 Å². The maximum Gasteiger partial charge on any atom is 0.0595 e. The molecule has 1 aromatic carbocycles. The van der Waals surface area contributed by atoms with Crippen LogP contribution in [0.5, 0.6) is 0 Å². The number of rotatable bonds is 4. The highest BCUT2D eigenvalue weighted by molar-refractivity contribution is 6.42. The van der Waals surface area contributed by atoms with Crippen LogP contribution in [0.15, 0.2) is 18.2 Å². The van der Waals surface area contributed by atoms with Gasteiger partial charge in [0.05, 0.1) is 22.8 Å². The summed E-state index contributed by atoms with van der Waals surface area (Å²) >= 11 is 12.3. The topological polar surface area (TPSA) is 21.3 Å². The molecular formula is C17H21Cl2NO. The van der Waals surface area contributed by atoms with Crippen molar-refractivity contribution < 1.29 is 4.74 Å². The summed E-state index contributed by atoms with van der Waals surface area (Å²) in [7, 11) is 0. The van der Waals surface area contributed by atoms with E-state index in [-0.39, 0.29) is 5.41 Å². The third-order valence-corrected chi connectivity index (χ3v) is 6.49. The summed E-state index contributed by atoms with van der Waals surface area (Å²) < 4.78 is 6.18. The lowest BCUT2D eigenvalue weighted by molar-refractivity contribution is 0.0445. The third kappa shape index (κ3) is 2.31. The standard InChI is InChI=1S/C17H21Cl2NO/c18-15-6-5-11(7-16(15)19)17-10-20-8-13(17)14(17)9-21-12-3-1-2-4-12/h5-7,12-14,20H,1-4,8-10H2/t13-,14?,17+/m1/s1. The molecule has 1 heterocycles. The van der Waals surface area contributed by atoms with E-state index in [4.69, 9.17) is 27.9 Å². The molecule has 3 fully saturated rings. The van der Waals surface area contributed by atoms with Crippen molar-refractivity contribution in [2.24, 2.45) is 11.8 Å². The lowest BCUT2D eigenvalue weighted by Gasteiger charge is -2.18. The van der Waals surface area contributed by atoms with E-state index in [1.807, 2.05) is 6.07 Å². The van der Waals surface area contributed by atoms with Crippen LogP contribution in [-0.2, 0) is 10.2 Å². The van der Waals surface area contributed by atoms with E-state index in [1.165, 1.54) is 31.2 Å². The van der Waals surface area contributed by atoms with E-state index in [0.29, 0.717) is 28.0 Å². The van der Waals surface area contributed by atoms with Crippen molar-refractivity contribution in [3.8, 4) is 0 Å². The Labute approximate surface area is 136 Å². The van der Waals surface area contributed by atoms with E-state index in [0.717, 1.165) is 19.7 Å². The third-order valence-electron chi connectivity index (χ3n) is 5.75. The number of hydrogen-bond acceptors (Lipinski definition) is 2. The van der Waals surface area contributed by atoms with Gasteiger partial charge in [-0.3, -0.25) is 0 Å². The lowest BCUT2D eigenvalue weighted by Crippen LogP contribution is -2.26. The molecule has 4 heteroatoms. The minimum Gasteiger partial charge on any atom is -0.378 e. The summed E-state index contributed by atoms with van der Waals surface area (Å²) in [6.07, 6.45) is 5.66. The summed E-state index contributed by atoms with van der Waals surface area (Å²) in [4.78, 5) is 0. The monoisotopic (exact) mass is 325 g/mol. The van der Waals surface area contributed by atoms with Crippen LogP contribution in [0.1, 0.15) is 31.2 Å². The van der Waals surface area contributed by atoms with Crippen LogP contribution in [-0.4, -0.2) is 25.8 Å². The van der Waals surface area contributed by atoms with E-state index in [9.17, 15) is 0 Å². The molecule has 1 saturated heterocycles. The first-order chi connectivity index (χ1) is 10.2. The Morgan fingerprint density at radius 1 is 1.19 bits per heavy atom. The average Bonchev–Trinajstić information content (AvgIpc) is 2.93. The van der Waals surface area contributed by atoms with Crippen molar-refractivity contribution in [3.05, 3.63) is 33.8 Å². The quantitative estimate of drug-likeness (QED) is 0.902. The molecule has 2 aliphatic carbocycles. The predicted octanol–water partition coefficient (Wildman–Crippen LogP) is 4.04. The molecule has 2 saturated carbocycles. The number of piperidine rings is 1. The number of fused-ring (bicyclic) bond motifs is 1. The highest BCUT2D eigenvalue weighted by Crippen LogP contribution is 2.62. The Kier molecular flexibility index (Phi) is 3.69. The van der Waals surface area contributed by atoms with Crippen molar-refractivity contribution in [2.45, 2.75) is 37.2 Å². The van der Waals surface area contributed by atoms with Crippen molar-refractivity contribution in [3.63, 3.8) is 0 Å². The van der Waals surface area contributed by atoms with E-state index < -0.39 is 0 Å². The minimum absolute atomic E-state index is 0.229. The molecule has 114 valence electrons. The van der Waals surface area contributed by atoms with Crippen LogP contribution in [0, 0.1) is 11.8 Å². The zero-order chi connectivity index (χ0) is 14.4. The highest BCUT2D eigenvalue weighted by Gasteiger charge is 2.67. The molecule has 0 aromatic heterocycles. The molecule has 3 atom stereocenters. The maximum atomic E-state index is 6.22. The van der Waals surface area contributed by atoms with E-state index >= 15 is 0 Å². The Morgan fingerprint density at radius 3 is 2.76 bits per heavy atom. The molecule has 0 spiro atoms. The fraction of sp³-hybridized carbons (Fsp3) is 0.647. The molecule has 0 radical (unpaired) electrons. The predicted molar refractivity (Wildman–Crippen MR) is 86.2 cm³/mol. The van der Waals surface area contributed by atoms with Gasteiger partial charge in [-0.15, -0.1) is 0 Å². The first-order valence-electron chi connectivity index (χ1n) is 7.99. The van der Waals surface area contributed by atoms with Crippen molar-refractivity contribution >= 4 is 23.2 Å². The molecule has 21 heavy (non-hydrogen) atoms. The zero-order valence-electron chi connectivity index (χ0n) is 12.1. The van der Waals surface area contributed by atoms with Gasteiger partial charge in [0, 0.05) is 12.0 Å². The normalized spacial score (nSPS) is 35.1. The van der Waals surface area contributed by atoms with E-state index in [1.54, 1.807) is 0 Å². The Bertz CT molecular complexity index is 544. The molecule has 3 aliphatic rings. The first kappa shape index (κ1) is 14.3. The van der Waals surface area contributed by atoms with Gasteiger partial charge in [-0.2, -0.15) is 0 Å². The van der Waals surface area contributed by atoms with Crippen LogP contribution >= 0.6 is 23.2 Å².